The van der Waals surface area contributed by atoms with Crippen LogP contribution in [0.25, 0.3) is 11.2 Å². The van der Waals surface area contributed by atoms with E-state index in [1.54, 1.807) is 0 Å². The van der Waals surface area contributed by atoms with E-state index in [-0.39, 0.29) is 11.3 Å². The Hall–Kier alpha value is -2.33. The van der Waals surface area contributed by atoms with E-state index in [1.165, 1.54) is 23.9 Å². The van der Waals surface area contributed by atoms with Crippen LogP contribution in [0.5, 0.6) is 0 Å². The van der Waals surface area contributed by atoms with E-state index < -0.39 is 11.6 Å². The smallest absolute Gasteiger partial charge is 0.207 e. The third kappa shape index (κ3) is 4.20. The molecule has 0 unspecified atom stereocenters. The van der Waals surface area contributed by atoms with Crippen molar-refractivity contribution in [2.45, 2.75) is 10.9 Å². The summed E-state index contributed by atoms with van der Waals surface area (Å²) >= 11 is 1.21. The van der Waals surface area contributed by atoms with E-state index in [0.717, 1.165) is 12.6 Å². The molecule has 0 saturated heterocycles. The van der Waals surface area contributed by atoms with Crippen molar-refractivity contribution < 1.29 is 8.78 Å². The summed E-state index contributed by atoms with van der Waals surface area (Å²) in [5, 5.41) is 14.2. The molecule has 2 N–H and O–H groups in total. The van der Waals surface area contributed by atoms with Gasteiger partial charge in [-0.15, -0.1) is 5.10 Å². The predicted octanol–water partition coefficient (Wildman–Crippen LogP) is 2.29. The Balaban J connectivity index is 1.78. The topological polar surface area (TPSA) is 82.6 Å². The number of fused-ring (bicyclic) bond motifs is 1. The lowest BCUT2D eigenvalue weighted by Crippen LogP contribution is -2.21. The number of anilines is 1. The molecule has 132 valence electrons. The Kier molecular flexibility index (Phi) is 5.39. The zero-order chi connectivity index (χ0) is 17.8. The Labute approximate surface area is 147 Å². The zero-order valence-corrected chi connectivity index (χ0v) is 14.6. The van der Waals surface area contributed by atoms with Gasteiger partial charge in [-0.05, 0) is 20.2 Å². The van der Waals surface area contributed by atoms with Crippen molar-refractivity contribution in [2.24, 2.45) is 0 Å². The van der Waals surface area contributed by atoms with Crippen LogP contribution < -0.4 is 5.32 Å². The van der Waals surface area contributed by atoms with E-state index >= 15 is 0 Å². The SMILES string of the molecule is CN(C)CCNc1nc(SCc2cccc(F)c2F)nc2n[nH]nc12. The van der Waals surface area contributed by atoms with Gasteiger partial charge in [0.05, 0.1) is 0 Å². The summed E-state index contributed by atoms with van der Waals surface area (Å²) in [7, 11) is 3.95. The van der Waals surface area contributed by atoms with E-state index in [2.05, 4.69) is 30.7 Å². The molecule has 0 radical (unpaired) electrons. The lowest BCUT2D eigenvalue weighted by molar-refractivity contribution is 0.425. The van der Waals surface area contributed by atoms with Crippen LogP contribution in [-0.4, -0.2) is 57.5 Å². The Bertz CT molecular complexity index is 868. The molecule has 25 heavy (non-hydrogen) atoms. The first-order valence-corrected chi connectivity index (χ1v) is 8.56. The number of H-pyrrole nitrogens is 1. The number of likely N-dealkylation sites (N-methyl/N-ethyl adjacent to an activating group) is 1. The number of aromatic amines is 1. The minimum Gasteiger partial charge on any atom is -0.367 e. The van der Waals surface area contributed by atoms with Gasteiger partial charge in [0, 0.05) is 24.4 Å². The van der Waals surface area contributed by atoms with Gasteiger partial charge in [-0.1, -0.05) is 23.9 Å². The minimum atomic E-state index is -0.864. The molecule has 0 spiro atoms. The molecular weight excluding hydrogens is 348 g/mol. The number of rotatable bonds is 7. The summed E-state index contributed by atoms with van der Waals surface area (Å²) in [6.07, 6.45) is 0. The van der Waals surface area contributed by atoms with Gasteiger partial charge >= 0.3 is 0 Å². The van der Waals surface area contributed by atoms with Crippen molar-refractivity contribution in [1.82, 2.24) is 30.3 Å². The van der Waals surface area contributed by atoms with Crippen LogP contribution in [0.1, 0.15) is 5.56 Å². The van der Waals surface area contributed by atoms with Crippen molar-refractivity contribution in [1.29, 1.82) is 0 Å². The van der Waals surface area contributed by atoms with Gasteiger partial charge in [-0.25, -0.2) is 13.8 Å². The fourth-order valence-corrected chi connectivity index (χ4v) is 2.93. The predicted molar refractivity (Wildman–Crippen MR) is 92.4 cm³/mol. The minimum absolute atomic E-state index is 0.212. The number of halogens is 2. The van der Waals surface area contributed by atoms with Crippen LogP contribution in [0.4, 0.5) is 14.6 Å². The monoisotopic (exact) mass is 365 g/mol. The Morgan fingerprint density at radius 1 is 1.20 bits per heavy atom. The highest BCUT2D eigenvalue weighted by atomic mass is 32.2. The first-order chi connectivity index (χ1) is 12.0. The lowest BCUT2D eigenvalue weighted by atomic mass is 10.2. The lowest BCUT2D eigenvalue weighted by Gasteiger charge is -2.11. The van der Waals surface area contributed by atoms with Gasteiger partial charge in [0.25, 0.3) is 0 Å². The number of benzene rings is 1. The molecule has 0 saturated carbocycles. The standard InChI is InChI=1S/C15H17F2N7S/c1-24(2)7-6-18-13-12-14(22-23-21-12)20-15(19-13)25-8-9-4-3-5-10(16)11(9)17/h3-5H,6-8H2,1-2H3,(H2,18,19,20,21,22,23). The van der Waals surface area contributed by atoms with Crippen molar-refractivity contribution in [2.75, 3.05) is 32.5 Å². The molecule has 1 aromatic carbocycles. The second kappa shape index (κ2) is 7.70. The largest absolute Gasteiger partial charge is 0.367 e. The Morgan fingerprint density at radius 2 is 2.04 bits per heavy atom. The first-order valence-electron chi connectivity index (χ1n) is 7.57. The van der Waals surface area contributed by atoms with Crippen molar-refractivity contribution in [3.63, 3.8) is 0 Å². The van der Waals surface area contributed by atoms with Gasteiger partial charge in [0.15, 0.2) is 28.1 Å². The molecular formula is C15H17F2N7S. The number of nitrogens with one attached hydrogen (secondary N) is 2. The van der Waals surface area contributed by atoms with Crippen LogP contribution in [-0.2, 0) is 5.75 Å². The van der Waals surface area contributed by atoms with Crippen LogP contribution in [0.3, 0.4) is 0 Å². The van der Waals surface area contributed by atoms with Gasteiger partial charge in [-0.2, -0.15) is 15.3 Å². The van der Waals surface area contributed by atoms with Gasteiger partial charge in [-0.3, -0.25) is 0 Å². The molecule has 2 aromatic heterocycles. The van der Waals surface area contributed by atoms with Crippen LogP contribution >= 0.6 is 11.8 Å². The van der Waals surface area contributed by atoms with E-state index in [0.29, 0.717) is 28.7 Å². The summed E-state index contributed by atoms with van der Waals surface area (Å²) in [4.78, 5) is 10.7. The summed E-state index contributed by atoms with van der Waals surface area (Å²) < 4.78 is 27.0. The second-order valence-electron chi connectivity index (χ2n) is 5.58. The second-order valence-corrected chi connectivity index (χ2v) is 6.52. The molecule has 0 aliphatic heterocycles. The normalized spacial score (nSPS) is 11.4. The maximum atomic E-state index is 13.8. The van der Waals surface area contributed by atoms with Gasteiger partial charge in [0.1, 0.15) is 0 Å². The quantitative estimate of drug-likeness (QED) is 0.491. The fourth-order valence-electron chi connectivity index (χ4n) is 2.11. The average molecular weight is 365 g/mol. The van der Waals surface area contributed by atoms with E-state index in [4.69, 9.17) is 0 Å². The fraction of sp³-hybridized carbons (Fsp3) is 0.333. The van der Waals surface area contributed by atoms with Crippen molar-refractivity contribution >= 4 is 28.7 Å². The molecule has 10 heteroatoms. The van der Waals surface area contributed by atoms with Crippen LogP contribution in [0, 0.1) is 11.6 Å². The highest BCUT2D eigenvalue weighted by molar-refractivity contribution is 7.98. The van der Waals surface area contributed by atoms with Gasteiger partial charge < -0.3 is 10.2 Å². The number of aromatic nitrogens is 5. The molecule has 0 amide bonds. The average Bonchev–Trinajstić information content (AvgIpc) is 3.04. The van der Waals surface area contributed by atoms with Gasteiger partial charge in [0.2, 0.25) is 5.65 Å². The maximum Gasteiger partial charge on any atom is 0.207 e. The molecule has 3 aromatic rings. The number of hydrogen-bond acceptors (Lipinski definition) is 7. The van der Waals surface area contributed by atoms with E-state index in [9.17, 15) is 8.78 Å². The summed E-state index contributed by atoms with van der Waals surface area (Å²) in [6.45, 7) is 1.49. The molecule has 0 bridgehead atoms. The highest BCUT2D eigenvalue weighted by Gasteiger charge is 2.13. The third-order valence-electron chi connectivity index (χ3n) is 3.40. The Morgan fingerprint density at radius 3 is 2.84 bits per heavy atom. The highest BCUT2D eigenvalue weighted by Crippen LogP contribution is 2.25. The zero-order valence-electron chi connectivity index (χ0n) is 13.8. The molecule has 7 nitrogen and oxygen atoms in total. The molecule has 0 fully saturated rings. The summed E-state index contributed by atoms with van der Waals surface area (Å²) in [5.41, 5.74) is 1.22. The number of nitrogens with zero attached hydrogens (tertiary/aromatic N) is 5. The summed E-state index contributed by atoms with van der Waals surface area (Å²) in [5.74, 6) is -0.939. The first kappa shape index (κ1) is 17.5. The molecule has 0 atom stereocenters. The van der Waals surface area contributed by atoms with Crippen LogP contribution in [0.2, 0.25) is 0 Å². The van der Waals surface area contributed by atoms with Crippen molar-refractivity contribution in [3.05, 3.63) is 35.4 Å². The summed E-state index contributed by atoms with van der Waals surface area (Å²) in [6, 6.07) is 4.11. The number of thioether (sulfide) groups is 1. The maximum absolute atomic E-state index is 13.8. The van der Waals surface area contributed by atoms with E-state index in [1.807, 2.05) is 19.0 Å². The molecule has 3 rings (SSSR count). The molecule has 0 aliphatic carbocycles. The molecule has 0 aliphatic rings. The van der Waals surface area contributed by atoms with Crippen molar-refractivity contribution in [3.8, 4) is 0 Å². The number of hydrogen-bond donors (Lipinski definition) is 2. The third-order valence-corrected chi connectivity index (χ3v) is 4.30. The molecule has 2 heterocycles. The van der Waals surface area contributed by atoms with Crippen LogP contribution in [0.15, 0.2) is 23.4 Å².